The molecular weight excluding hydrogens is 252 g/mol. The van der Waals surface area contributed by atoms with Crippen LogP contribution in [0.25, 0.3) is 0 Å². The summed E-state index contributed by atoms with van der Waals surface area (Å²) < 4.78 is 2.07. The molecule has 108 valence electrons. The van der Waals surface area contributed by atoms with Crippen molar-refractivity contribution in [3.05, 3.63) is 30.6 Å². The summed E-state index contributed by atoms with van der Waals surface area (Å²) in [7, 11) is 0. The molecule has 0 aromatic carbocycles. The van der Waals surface area contributed by atoms with E-state index in [9.17, 15) is 0 Å². The van der Waals surface area contributed by atoms with Crippen LogP contribution in [0.5, 0.6) is 0 Å². The Balaban J connectivity index is 1.82. The summed E-state index contributed by atoms with van der Waals surface area (Å²) in [6, 6.07) is 0. The van der Waals surface area contributed by atoms with Gasteiger partial charge in [0.1, 0.15) is 18.0 Å². The van der Waals surface area contributed by atoms with E-state index >= 15 is 0 Å². The monoisotopic (exact) mass is 274 g/mol. The first-order valence-corrected chi connectivity index (χ1v) is 7.06. The average Bonchev–Trinajstić information content (AvgIpc) is 2.97. The van der Waals surface area contributed by atoms with Crippen LogP contribution in [0.4, 0.5) is 11.6 Å². The lowest BCUT2D eigenvalue weighted by Crippen LogP contribution is -2.11. The van der Waals surface area contributed by atoms with Crippen molar-refractivity contribution in [1.29, 1.82) is 0 Å². The van der Waals surface area contributed by atoms with E-state index in [1.54, 1.807) is 12.5 Å². The van der Waals surface area contributed by atoms with Gasteiger partial charge >= 0.3 is 0 Å². The molecule has 0 saturated carbocycles. The van der Waals surface area contributed by atoms with Gasteiger partial charge in [0, 0.05) is 37.6 Å². The molecule has 20 heavy (non-hydrogen) atoms. The average molecular weight is 274 g/mol. The van der Waals surface area contributed by atoms with Gasteiger partial charge in [0.05, 0.1) is 6.33 Å². The normalized spacial score (nSPS) is 10.5. The van der Waals surface area contributed by atoms with Gasteiger partial charge in [0.25, 0.3) is 0 Å². The fourth-order valence-corrected chi connectivity index (χ4v) is 1.94. The summed E-state index contributed by atoms with van der Waals surface area (Å²) in [4.78, 5) is 12.6. The molecule has 0 saturated heterocycles. The minimum absolute atomic E-state index is 0.878. The highest BCUT2D eigenvalue weighted by molar-refractivity contribution is 5.56. The number of imidazole rings is 1. The molecule has 0 spiro atoms. The fraction of sp³-hybridized carbons (Fsp3) is 0.500. The van der Waals surface area contributed by atoms with Crippen molar-refractivity contribution in [3.8, 4) is 0 Å². The molecule has 0 radical (unpaired) electrons. The van der Waals surface area contributed by atoms with E-state index in [0.29, 0.717) is 0 Å². The zero-order valence-electron chi connectivity index (χ0n) is 12.1. The van der Waals surface area contributed by atoms with Gasteiger partial charge in [-0.1, -0.05) is 6.92 Å². The van der Waals surface area contributed by atoms with E-state index in [4.69, 9.17) is 0 Å². The Bertz CT molecular complexity index is 508. The first-order valence-electron chi connectivity index (χ1n) is 7.06. The van der Waals surface area contributed by atoms with Gasteiger partial charge in [-0.25, -0.2) is 15.0 Å². The first-order chi connectivity index (χ1) is 9.81. The fourth-order valence-electron chi connectivity index (χ4n) is 1.94. The molecule has 6 heteroatoms. The first kappa shape index (κ1) is 14.3. The van der Waals surface area contributed by atoms with Crippen molar-refractivity contribution >= 4 is 11.6 Å². The van der Waals surface area contributed by atoms with E-state index in [1.165, 1.54) is 0 Å². The molecule has 2 heterocycles. The molecule has 2 aromatic rings. The highest BCUT2D eigenvalue weighted by Gasteiger charge is 2.05. The van der Waals surface area contributed by atoms with E-state index in [1.807, 2.05) is 19.4 Å². The van der Waals surface area contributed by atoms with Crippen LogP contribution in [0.15, 0.2) is 25.0 Å². The topological polar surface area (TPSA) is 67.7 Å². The zero-order chi connectivity index (χ0) is 14.2. The second kappa shape index (κ2) is 7.47. The molecule has 0 aliphatic rings. The standard InChI is InChI=1S/C14H22N6/c1-3-5-16-13-12(2)14(19-10-18-13)17-6-4-8-20-9-7-15-11-20/h7,9-11H,3-6,8H2,1-2H3,(H2,16,17,18,19). The summed E-state index contributed by atoms with van der Waals surface area (Å²) in [5.41, 5.74) is 1.07. The van der Waals surface area contributed by atoms with Gasteiger partial charge in [-0.15, -0.1) is 0 Å². The van der Waals surface area contributed by atoms with Crippen molar-refractivity contribution in [2.24, 2.45) is 0 Å². The van der Waals surface area contributed by atoms with Crippen molar-refractivity contribution in [3.63, 3.8) is 0 Å². The van der Waals surface area contributed by atoms with Crippen molar-refractivity contribution in [1.82, 2.24) is 19.5 Å². The van der Waals surface area contributed by atoms with Crippen LogP contribution in [0.1, 0.15) is 25.3 Å². The maximum Gasteiger partial charge on any atom is 0.134 e. The van der Waals surface area contributed by atoms with Crippen molar-refractivity contribution < 1.29 is 0 Å². The van der Waals surface area contributed by atoms with E-state index < -0.39 is 0 Å². The third-order valence-corrected chi connectivity index (χ3v) is 3.07. The summed E-state index contributed by atoms with van der Waals surface area (Å²) in [6.45, 7) is 6.94. The molecule has 0 atom stereocenters. The second-order valence-corrected chi connectivity index (χ2v) is 4.70. The Morgan fingerprint density at radius 1 is 1.15 bits per heavy atom. The number of aromatic nitrogens is 4. The highest BCUT2D eigenvalue weighted by atomic mass is 15.1. The Morgan fingerprint density at radius 3 is 2.55 bits per heavy atom. The predicted molar refractivity (Wildman–Crippen MR) is 80.9 cm³/mol. The van der Waals surface area contributed by atoms with E-state index in [0.717, 1.165) is 49.7 Å². The number of rotatable bonds is 8. The SMILES string of the molecule is CCCNc1ncnc(NCCCn2ccnc2)c1C. The van der Waals surface area contributed by atoms with Gasteiger partial charge in [0.2, 0.25) is 0 Å². The number of hydrogen-bond donors (Lipinski definition) is 2. The Hall–Kier alpha value is -2.11. The molecule has 2 rings (SSSR count). The lowest BCUT2D eigenvalue weighted by molar-refractivity contribution is 0.660. The second-order valence-electron chi connectivity index (χ2n) is 4.70. The molecular formula is C14H22N6. The molecule has 0 fully saturated rings. The zero-order valence-corrected chi connectivity index (χ0v) is 12.1. The summed E-state index contributed by atoms with van der Waals surface area (Å²) >= 11 is 0. The quantitative estimate of drug-likeness (QED) is 0.723. The van der Waals surface area contributed by atoms with Crippen LogP contribution in [0.2, 0.25) is 0 Å². The lowest BCUT2D eigenvalue weighted by Gasteiger charge is -2.12. The van der Waals surface area contributed by atoms with Crippen molar-refractivity contribution in [2.45, 2.75) is 33.2 Å². The van der Waals surface area contributed by atoms with Crippen LogP contribution in [-0.2, 0) is 6.54 Å². The number of nitrogens with zero attached hydrogens (tertiary/aromatic N) is 4. The number of hydrogen-bond acceptors (Lipinski definition) is 5. The minimum atomic E-state index is 0.878. The Kier molecular flexibility index (Phi) is 5.34. The summed E-state index contributed by atoms with van der Waals surface area (Å²) in [5.74, 6) is 1.82. The maximum atomic E-state index is 4.30. The molecule has 0 amide bonds. The molecule has 0 aliphatic heterocycles. The van der Waals surface area contributed by atoms with Gasteiger partial charge in [0.15, 0.2) is 0 Å². The Labute approximate surface area is 119 Å². The Morgan fingerprint density at radius 2 is 1.90 bits per heavy atom. The molecule has 6 nitrogen and oxygen atoms in total. The van der Waals surface area contributed by atoms with Crippen LogP contribution >= 0.6 is 0 Å². The number of nitrogens with one attached hydrogen (secondary N) is 2. The maximum absolute atomic E-state index is 4.30. The smallest absolute Gasteiger partial charge is 0.134 e. The summed E-state index contributed by atoms with van der Waals surface area (Å²) in [5, 5.41) is 6.68. The highest BCUT2D eigenvalue weighted by Crippen LogP contribution is 2.17. The minimum Gasteiger partial charge on any atom is -0.370 e. The van der Waals surface area contributed by atoms with E-state index in [2.05, 4.69) is 37.1 Å². The summed E-state index contributed by atoms with van der Waals surface area (Å²) in [6.07, 6.45) is 9.32. The lowest BCUT2D eigenvalue weighted by atomic mass is 10.3. The third-order valence-electron chi connectivity index (χ3n) is 3.07. The predicted octanol–water partition coefficient (Wildman–Crippen LogP) is 2.31. The van der Waals surface area contributed by atoms with Crippen LogP contribution in [0, 0.1) is 6.92 Å². The van der Waals surface area contributed by atoms with E-state index in [-0.39, 0.29) is 0 Å². The van der Waals surface area contributed by atoms with Gasteiger partial charge in [-0.2, -0.15) is 0 Å². The van der Waals surface area contributed by atoms with Crippen LogP contribution < -0.4 is 10.6 Å². The molecule has 0 unspecified atom stereocenters. The molecule has 0 aliphatic carbocycles. The van der Waals surface area contributed by atoms with Gasteiger partial charge < -0.3 is 15.2 Å². The van der Waals surface area contributed by atoms with Crippen molar-refractivity contribution in [2.75, 3.05) is 23.7 Å². The number of anilines is 2. The van der Waals surface area contributed by atoms with Gasteiger partial charge in [-0.3, -0.25) is 0 Å². The number of aryl methyl sites for hydroxylation is 1. The van der Waals surface area contributed by atoms with Crippen LogP contribution in [0.3, 0.4) is 0 Å². The molecule has 2 N–H and O–H groups in total. The largest absolute Gasteiger partial charge is 0.370 e. The molecule has 2 aromatic heterocycles. The molecule has 0 bridgehead atoms. The third kappa shape index (κ3) is 3.94. The van der Waals surface area contributed by atoms with Crippen LogP contribution in [-0.4, -0.2) is 32.6 Å². The van der Waals surface area contributed by atoms with Gasteiger partial charge in [-0.05, 0) is 19.8 Å².